The van der Waals surface area contributed by atoms with Crippen molar-refractivity contribution >= 4 is 26.9 Å². The largest absolute Gasteiger partial charge is 0.485 e. The third-order valence-electron chi connectivity index (χ3n) is 4.11. The normalized spacial score (nSPS) is 13.0. The smallest absolute Gasteiger partial charge is 0.226 e. The fourth-order valence-corrected chi connectivity index (χ4v) is 3.04. The van der Waals surface area contributed by atoms with Crippen molar-refractivity contribution in [3.05, 3.63) is 78.4 Å². The summed E-state index contributed by atoms with van der Waals surface area (Å²) in [7, 11) is 4.28. The van der Waals surface area contributed by atoms with Crippen molar-refractivity contribution < 1.29 is 8.25 Å². The summed E-state index contributed by atoms with van der Waals surface area (Å²) in [5.74, 6) is 0.946. The van der Waals surface area contributed by atoms with Crippen LogP contribution in [-0.2, 0) is 0 Å². The van der Waals surface area contributed by atoms with E-state index in [0.717, 1.165) is 27.6 Å². The second-order valence-corrected chi connectivity index (χ2v) is 8.46. The predicted molar refractivity (Wildman–Crippen MR) is 104 cm³/mol. The lowest BCUT2D eigenvalue weighted by Gasteiger charge is -2.25. The summed E-state index contributed by atoms with van der Waals surface area (Å²) in [5, 5.41) is 2.37. The minimum Gasteiger partial charge on any atom is -0.485 e. The fraction of sp³-hybridized carbons (Fsp3) is 0.238. The van der Waals surface area contributed by atoms with Gasteiger partial charge in [0.15, 0.2) is 0 Å². The van der Waals surface area contributed by atoms with E-state index in [-0.39, 0.29) is 6.10 Å². The zero-order valence-corrected chi connectivity index (χ0v) is 15.7. The maximum Gasteiger partial charge on any atom is 0.226 e. The molecule has 3 aromatic carbocycles. The molecule has 3 aromatic rings. The van der Waals surface area contributed by atoms with Gasteiger partial charge in [0.05, 0.1) is 20.6 Å². The quantitative estimate of drug-likeness (QED) is 0.492. The maximum atomic E-state index is 6.48. The van der Waals surface area contributed by atoms with Gasteiger partial charge in [0, 0.05) is 11.8 Å². The summed E-state index contributed by atoms with van der Waals surface area (Å²) < 4.78 is 7.22. The molecule has 0 aliphatic carbocycles. The molecule has 3 heteroatoms. The molecule has 0 amide bonds. The van der Waals surface area contributed by atoms with E-state index < -0.39 is 0 Å². The van der Waals surface area contributed by atoms with Gasteiger partial charge in [0.2, 0.25) is 16.1 Å². The predicted octanol–water partition coefficient (Wildman–Crippen LogP) is 5.74. The van der Waals surface area contributed by atoms with Crippen molar-refractivity contribution in [2.75, 3.05) is 20.6 Å². The van der Waals surface area contributed by atoms with Crippen molar-refractivity contribution in [3.63, 3.8) is 0 Å². The Bertz CT molecular complexity index is 790. The number of hydrogen-bond donors (Lipinski definition) is 0. The lowest BCUT2D eigenvalue weighted by molar-refractivity contribution is -0.735. The number of ether oxygens (including phenoxy) is 1. The lowest BCUT2D eigenvalue weighted by atomic mass is 10.1. The molecule has 0 spiro atoms. The molecule has 3 rings (SSSR count). The molecular formula is C21H23BrNO+. The molecule has 0 N–H and O–H groups in total. The van der Waals surface area contributed by atoms with E-state index in [4.69, 9.17) is 4.74 Å². The van der Waals surface area contributed by atoms with Crippen molar-refractivity contribution in [2.45, 2.75) is 12.5 Å². The molecule has 0 aromatic heterocycles. The Morgan fingerprint density at radius 2 is 1.54 bits per heavy atom. The molecule has 124 valence electrons. The summed E-state index contributed by atoms with van der Waals surface area (Å²) in [4.78, 5) is 0. The van der Waals surface area contributed by atoms with E-state index >= 15 is 0 Å². The van der Waals surface area contributed by atoms with Gasteiger partial charge < -0.3 is 4.74 Å². The van der Waals surface area contributed by atoms with Gasteiger partial charge in [0.25, 0.3) is 0 Å². The van der Waals surface area contributed by atoms with Crippen molar-refractivity contribution in [3.8, 4) is 5.75 Å². The van der Waals surface area contributed by atoms with Gasteiger partial charge in [-0.2, -0.15) is 0 Å². The number of halogens is 1. The molecule has 0 radical (unpaired) electrons. The van der Waals surface area contributed by atoms with Crippen LogP contribution in [0.25, 0.3) is 10.8 Å². The van der Waals surface area contributed by atoms with Crippen molar-refractivity contribution in [2.24, 2.45) is 0 Å². The first-order valence-electron chi connectivity index (χ1n) is 8.25. The minimum atomic E-state index is 0.0342. The van der Waals surface area contributed by atoms with Gasteiger partial charge in [-0.15, -0.1) is 0 Å². The van der Waals surface area contributed by atoms with Crippen LogP contribution in [0.1, 0.15) is 18.1 Å². The van der Waals surface area contributed by atoms with Gasteiger partial charge in [-0.25, -0.2) is 0 Å². The fourth-order valence-electron chi connectivity index (χ4n) is 2.84. The van der Waals surface area contributed by atoms with Gasteiger partial charge in [-0.3, -0.25) is 3.51 Å². The van der Waals surface area contributed by atoms with Crippen LogP contribution in [0.2, 0.25) is 0 Å². The number of quaternary nitrogens is 1. The topological polar surface area (TPSA) is 9.23 Å². The monoisotopic (exact) mass is 384 g/mol. The van der Waals surface area contributed by atoms with Crippen LogP contribution in [0, 0.1) is 0 Å². The Morgan fingerprint density at radius 1 is 0.875 bits per heavy atom. The van der Waals surface area contributed by atoms with Crippen LogP contribution < -0.4 is 4.74 Å². The summed E-state index contributed by atoms with van der Waals surface area (Å²) in [6.45, 7) is 0.977. The average Bonchev–Trinajstić information content (AvgIpc) is 2.58. The third kappa shape index (κ3) is 4.37. The highest BCUT2D eigenvalue weighted by Gasteiger charge is 2.20. The van der Waals surface area contributed by atoms with Crippen LogP contribution in [0.4, 0.5) is 0 Å². The highest BCUT2D eigenvalue weighted by atomic mass is 79.9. The highest BCUT2D eigenvalue weighted by Crippen LogP contribution is 2.31. The van der Waals surface area contributed by atoms with E-state index in [2.05, 4.69) is 97.0 Å². The number of nitrogens with zero attached hydrogens (tertiary/aromatic N) is 1. The van der Waals surface area contributed by atoms with Crippen molar-refractivity contribution in [1.29, 1.82) is 0 Å². The minimum absolute atomic E-state index is 0.0342. The molecule has 0 aliphatic heterocycles. The van der Waals surface area contributed by atoms with Gasteiger partial charge in [-0.05, 0) is 17.0 Å². The maximum absolute atomic E-state index is 6.48. The Morgan fingerprint density at radius 3 is 2.29 bits per heavy atom. The van der Waals surface area contributed by atoms with Crippen LogP contribution in [0.3, 0.4) is 0 Å². The Balaban J connectivity index is 1.90. The molecule has 0 saturated heterocycles. The molecule has 0 bridgehead atoms. The molecule has 0 aliphatic rings. The molecule has 0 saturated carbocycles. The standard InChI is InChI=1S/C21H23BrNO/c1-23(2,22)16-15-20(18-10-4-3-5-11-18)24-21-14-8-12-17-9-6-7-13-19(17)21/h3-14,20H,15-16H2,1-2H3/q+1. The van der Waals surface area contributed by atoms with E-state index in [1.807, 2.05) is 6.07 Å². The van der Waals surface area contributed by atoms with E-state index in [9.17, 15) is 0 Å². The molecular weight excluding hydrogens is 362 g/mol. The number of benzene rings is 3. The van der Waals surface area contributed by atoms with Crippen LogP contribution in [0.15, 0.2) is 72.8 Å². The first kappa shape index (κ1) is 17.0. The van der Waals surface area contributed by atoms with Crippen LogP contribution >= 0.6 is 16.1 Å². The van der Waals surface area contributed by atoms with E-state index in [0.29, 0.717) is 0 Å². The van der Waals surface area contributed by atoms with Crippen LogP contribution in [0.5, 0.6) is 5.75 Å². The first-order chi connectivity index (χ1) is 11.5. The van der Waals surface area contributed by atoms with Crippen molar-refractivity contribution in [1.82, 2.24) is 0 Å². The SMILES string of the molecule is C[N+](C)(Br)CCC(Oc1cccc2ccccc12)c1ccccc1. The van der Waals surface area contributed by atoms with Crippen LogP contribution in [-0.4, -0.2) is 24.1 Å². The van der Waals surface area contributed by atoms with Gasteiger partial charge in [0.1, 0.15) is 11.9 Å². The van der Waals surface area contributed by atoms with E-state index in [1.165, 1.54) is 10.9 Å². The first-order valence-corrected chi connectivity index (χ1v) is 8.96. The second kappa shape index (κ2) is 7.37. The molecule has 1 unspecified atom stereocenters. The Kier molecular flexibility index (Phi) is 5.22. The average molecular weight is 385 g/mol. The lowest BCUT2D eigenvalue weighted by Crippen LogP contribution is -2.30. The second-order valence-electron chi connectivity index (χ2n) is 6.54. The summed E-state index contributed by atoms with van der Waals surface area (Å²) in [6, 6.07) is 25.1. The molecule has 2 nitrogen and oxygen atoms in total. The zero-order valence-electron chi connectivity index (χ0n) is 14.2. The molecule has 0 fully saturated rings. The Labute approximate surface area is 152 Å². The van der Waals surface area contributed by atoms with Gasteiger partial charge >= 0.3 is 0 Å². The summed E-state index contributed by atoms with van der Waals surface area (Å²) in [6.07, 6.45) is 0.970. The molecule has 24 heavy (non-hydrogen) atoms. The third-order valence-corrected chi connectivity index (χ3v) is 4.47. The van der Waals surface area contributed by atoms with E-state index in [1.54, 1.807) is 0 Å². The summed E-state index contributed by atoms with van der Waals surface area (Å²) in [5.41, 5.74) is 1.21. The highest BCUT2D eigenvalue weighted by molar-refractivity contribution is 9.05. The Hall–Kier alpha value is -1.84. The number of hydrogen-bond acceptors (Lipinski definition) is 1. The number of rotatable bonds is 6. The number of fused-ring (bicyclic) bond motifs is 1. The van der Waals surface area contributed by atoms with Gasteiger partial charge in [-0.1, -0.05) is 66.7 Å². The summed E-state index contributed by atoms with van der Waals surface area (Å²) >= 11 is 3.69. The zero-order chi connectivity index (χ0) is 17.0. The molecule has 1 atom stereocenters. The molecule has 0 heterocycles.